The van der Waals surface area contributed by atoms with Crippen molar-refractivity contribution in [3.63, 3.8) is 0 Å². The number of nitrogens with one attached hydrogen (secondary N) is 1. The zero-order valence-electron chi connectivity index (χ0n) is 10.1. The second kappa shape index (κ2) is 6.00. The van der Waals surface area contributed by atoms with E-state index in [0.717, 1.165) is 0 Å². The molecule has 0 heterocycles. The van der Waals surface area contributed by atoms with Crippen LogP contribution in [0.15, 0.2) is 59.5 Å². The fourth-order valence-corrected chi connectivity index (χ4v) is 2.16. The van der Waals surface area contributed by atoms with Crippen LogP contribution in [0, 0.1) is 0 Å². The van der Waals surface area contributed by atoms with Gasteiger partial charge in [-0.2, -0.15) is 13.2 Å². The van der Waals surface area contributed by atoms with E-state index in [-0.39, 0.29) is 22.6 Å². The Hall–Kier alpha value is -1.95. The summed E-state index contributed by atoms with van der Waals surface area (Å²) in [6.45, 7) is 0. The highest BCUT2D eigenvalue weighted by Crippen LogP contribution is 2.37. The fraction of sp³-hybridized carbons (Fsp3) is 0.0714. The van der Waals surface area contributed by atoms with E-state index >= 15 is 0 Å². The Morgan fingerprint density at radius 3 is 2.35 bits per heavy atom. The third-order valence-corrected chi connectivity index (χ3v) is 3.08. The molecule has 1 N–H and O–H groups in total. The normalized spacial score (nSPS) is 11.2. The van der Waals surface area contributed by atoms with Gasteiger partial charge in [-0.15, -0.1) is 0 Å². The number of hydrogen-bond donors (Lipinski definition) is 1. The number of alkyl halides is 3. The Balaban J connectivity index is 2.10. The van der Waals surface area contributed by atoms with Crippen molar-refractivity contribution in [1.29, 1.82) is 0 Å². The Morgan fingerprint density at radius 1 is 1.00 bits per heavy atom. The number of amides is 1. The van der Waals surface area contributed by atoms with Crippen LogP contribution in [-0.2, 0) is 0 Å². The van der Waals surface area contributed by atoms with Gasteiger partial charge in [0.05, 0.1) is 0 Å². The SMILES string of the molecule is O=C(Nc1cccc(SC(F)(F)F)c1)c1ccccc1. The highest BCUT2D eigenvalue weighted by atomic mass is 32.2. The number of hydrogen-bond acceptors (Lipinski definition) is 2. The zero-order chi connectivity index (χ0) is 14.6. The predicted octanol–water partition coefficient (Wildman–Crippen LogP) is 4.55. The highest BCUT2D eigenvalue weighted by molar-refractivity contribution is 8.00. The average molecular weight is 297 g/mol. The quantitative estimate of drug-likeness (QED) is 0.842. The maximum absolute atomic E-state index is 12.3. The molecule has 0 aliphatic rings. The van der Waals surface area contributed by atoms with E-state index in [1.807, 2.05) is 0 Å². The number of benzene rings is 2. The molecule has 0 bridgehead atoms. The van der Waals surface area contributed by atoms with Crippen LogP contribution >= 0.6 is 11.8 Å². The largest absolute Gasteiger partial charge is 0.446 e. The zero-order valence-corrected chi connectivity index (χ0v) is 11.0. The van der Waals surface area contributed by atoms with Gasteiger partial charge in [-0.1, -0.05) is 24.3 Å². The van der Waals surface area contributed by atoms with Crippen LogP contribution in [0.1, 0.15) is 10.4 Å². The molecule has 0 unspecified atom stereocenters. The lowest BCUT2D eigenvalue weighted by Gasteiger charge is -2.08. The molecule has 0 radical (unpaired) electrons. The molecule has 20 heavy (non-hydrogen) atoms. The highest BCUT2D eigenvalue weighted by Gasteiger charge is 2.29. The number of rotatable bonds is 3. The molecular formula is C14H10F3NOS. The molecule has 0 fully saturated rings. The standard InChI is InChI=1S/C14H10F3NOS/c15-14(16,17)20-12-8-4-7-11(9-12)18-13(19)10-5-2-1-3-6-10/h1-9H,(H,18,19). The van der Waals surface area contributed by atoms with Gasteiger partial charge in [-0.05, 0) is 42.1 Å². The first-order valence-corrected chi connectivity index (χ1v) is 6.48. The van der Waals surface area contributed by atoms with E-state index in [0.29, 0.717) is 11.3 Å². The number of thioether (sulfide) groups is 1. The van der Waals surface area contributed by atoms with Crippen molar-refractivity contribution < 1.29 is 18.0 Å². The molecule has 0 atom stereocenters. The summed E-state index contributed by atoms with van der Waals surface area (Å²) in [5.74, 6) is -0.361. The Kier molecular flexibility index (Phi) is 4.34. The number of carbonyl (C=O) groups is 1. The Bertz CT molecular complexity index is 599. The van der Waals surface area contributed by atoms with E-state index in [1.165, 1.54) is 18.2 Å². The predicted molar refractivity (Wildman–Crippen MR) is 72.7 cm³/mol. The molecule has 0 saturated heterocycles. The molecule has 1 amide bonds. The summed E-state index contributed by atoms with van der Waals surface area (Å²) < 4.78 is 36.8. The first-order valence-electron chi connectivity index (χ1n) is 5.66. The summed E-state index contributed by atoms with van der Waals surface area (Å²) in [5.41, 5.74) is -3.57. The minimum absolute atomic E-state index is 0.0309. The van der Waals surface area contributed by atoms with Gasteiger partial charge in [0.15, 0.2) is 0 Å². The maximum Gasteiger partial charge on any atom is 0.446 e. The lowest BCUT2D eigenvalue weighted by molar-refractivity contribution is -0.0328. The van der Waals surface area contributed by atoms with Crippen LogP contribution in [0.25, 0.3) is 0 Å². The molecule has 0 aliphatic heterocycles. The van der Waals surface area contributed by atoms with Gasteiger partial charge in [-0.3, -0.25) is 4.79 Å². The second-order valence-corrected chi connectivity index (χ2v) is 5.03. The van der Waals surface area contributed by atoms with Crippen LogP contribution in [0.5, 0.6) is 0 Å². The van der Waals surface area contributed by atoms with Crippen molar-refractivity contribution in [3.8, 4) is 0 Å². The van der Waals surface area contributed by atoms with Gasteiger partial charge in [0, 0.05) is 16.1 Å². The van der Waals surface area contributed by atoms with Crippen molar-refractivity contribution in [2.24, 2.45) is 0 Å². The number of anilines is 1. The molecule has 6 heteroatoms. The average Bonchev–Trinajstić information content (AvgIpc) is 2.38. The van der Waals surface area contributed by atoms with Crippen LogP contribution in [0.4, 0.5) is 18.9 Å². The van der Waals surface area contributed by atoms with Gasteiger partial charge in [0.2, 0.25) is 0 Å². The van der Waals surface area contributed by atoms with Crippen molar-refractivity contribution in [1.82, 2.24) is 0 Å². The smallest absolute Gasteiger partial charge is 0.322 e. The van der Waals surface area contributed by atoms with Crippen molar-refractivity contribution in [2.45, 2.75) is 10.4 Å². The first kappa shape index (κ1) is 14.5. The molecule has 0 aliphatic carbocycles. The molecule has 2 aromatic rings. The molecule has 0 saturated carbocycles. The third kappa shape index (κ3) is 4.31. The van der Waals surface area contributed by atoms with Crippen LogP contribution in [0.3, 0.4) is 0 Å². The Morgan fingerprint density at radius 2 is 1.70 bits per heavy atom. The van der Waals surface area contributed by atoms with Crippen molar-refractivity contribution >= 4 is 23.4 Å². The summed E-state index contributed by atoms with van der Waals surface area (Å²) in [6.07, 6.45) is 0. The van der Waals surface area contributed by atoms with Gasteiger partial charge in [-0.25, -0.2) is 0 Å². The van der Waals surface area contributed by atoms with Gasteiger partial charge in [0.1, 0.15) is 0 Å². The molecule has 104 valence electrons. The molecule has 2 aromatic carbocycles. The van der Waals surface area contributed by atoms with E-state index in [1.54, 1.807) is 36.4 Å². The molecule has 0 aromatic heterocycles. The summed E-state index contributed by atoms with van der Waals surface area (Å²) in [6, 6.07) is 14.1. The minimum atomic E-state index is -4.35. The third-order valence-electron chi connectivity index (χ3n) is 2.36. The number of halogens is 3. The van der Waals surface area contributed by atoms with E-state index in [9.17, 15) is 18.0 Å². The van der Waals surface area contributed by atoms with Gasteiger partial charge >= 0.3 is 5.51 Å². The van der Waals surface area contributed by atoms with Gasteiger partial charge in [0.25, 0.3) is 5.91 Å². The Labute approximate surface area is 118 Å². The molecule has 0 spiro atoms. The van der Waals surface area contributed by atoms with Gasteiger partial charge < -0.3 is 5.32 Å². The number of carbonyl (C=O) groups excluding carboxylic acids is 1. The van der Waals surface area contributed by atoms with E-state index in [2.05, 4.69) is 5.32 Å². The van der Waals surface area contributed by atoms with Crippen LogP contribution in [0.2, 0.25) is 0 Å². The van der Waals surface area contributed by atoms with Crippen LogP contribution in [-0.4, -0.2) is 11.4 Å². The first-order chi connectivity index (χ1) is 9.44. The monoisotopic (exact) mass is 297 g/mol. The topological polar surface area (TPSA) is 29.1 Å². The van der Waals surface area contributed by atoms with E-state index < -0.39 is 5.51 Å². The molecular weight excluding hydrogens is 287 g/mol. The summed E-state index contributed by atoms with van der Waals surface area (Å²) >= 11 is -0.213. The minimum Gasteiger partial charge on any atom is -0.322 e. The summed E-state index contributed by atoms with van der Waals surface area (Å²) in [4.78, 5) is 11.9. The fourth-order valence-electron chi connectivity index (χ4n) is 1.56. The molecule has 2 nitrogen and oxygen atoms in total. The van der Waals surface area contributed by atoms with E-state index in [4.69, 9.17) is 0 Å². The van der Waals surface area contributed by atoms with Crippen molar-refractivity contribution in [3.05, 3.63) is 60.2 Å². The van der Waals surface area contributed by atoms with Crippen LogP contribution < -0.4 is 5.32 Å². The van der Waals surface area contributed by atoms with Crippen molar-refractivity contribution in [2.75, 3.05) is 5.32 Å². The maximum atomic E-state index is 12.3. The molecule has 2 rings (SSSR count). The lowest BCUT2D eigenvalue weighted by Crippen LogP contribution is -2.11. The second-order valence-electron chi connectivity index (χ2n) is 3.90. The summed E-state index contributed by atoms with van der Waals surface area (Å²) in [7, 11) is 0. The summed E-state index contributed by atoms with van der Waals surface area (Å²) in [5, 5.41) is 2.56. The lowest BCUT2D eigenvalue weighted by atomic mass is 10.2.